The number of furan rings is 1. The van der Waals surface area contributed by atoms with Gasteiger partial charge in [-0.15, -0.1) is 0 Å². The molecule has 0 aliphatic carbocycles. The van der Waals surface area contributed by atoms with Crippen molar-refractivity contribution in [2.45, 2.75) is 13.3 Å². The number of fused-ring (bicyclic) bond motifs is 1. The molecule has 0 bridgehead atoms. The third kappa shape index (κ3) is 2.90. The van der Waals surface area contributed by atoms with E-state index >= 15 is 0 Å². The van der Waals surface area contributed by atoms with Gasteiger partial charge in [-0.1, -0.05) is 25.1 Å². The van der Waals surface area contributed by atoms with E-state index in [9.17, 15) is 4.79 Å². The molecule has 4 heteroatoms. The molecule has 0 fully saturated rings. The molecule has 1 amide bonds. The summed E-state index contributed by atoms with van der Waals surface area (Å²) in [6.45, 7) is 3.20. The average molecular weight is 246 g/mol. The van der Waals surface area contributed by atoms with Crippen LogP contribution in [0.15, 0.2) is 34.9 Å². The van der Waals surface area contributed by atoms with Crippen molar-refractivity contribution in [1.82, 2.24) is 5.32 Å². The van der Waals surface area contributed by atoms with Crippen LogP contribution in [-0.2, 0) is 11.2 Å². The summed E-state index contributed by atoms with van der Waals surface area (Å²) < 4.78 is 5.40. The Balaban J connectivity index is 1.99. The van der Waals surface area contributed by atoms with Gasteiger partial charge in [-0.05, 0) is 18.5 Å². The van der Waals surface area contributed by atoms with Gasteiger partial charge in [0.2, 0.25) is 5.91 Å². The van der Waals surface area contributed by atoms with Crippen molar-refractivity contribution in [1.29, 1.82) is 0 Å². The van der Waals surface area contributed by atoms with Gasteiger partial charge in [-0.2, -0.15) is 0 Å². The zero-order chi connectivity index (χ0) is 13.0. The van der Waals surface area contributed by atoms with Gasteiger partial charge < -0.3 is 15.5 Å². The summed E-state index contributed by atoms with van der Waals surface area (Å²) in [5, 5.41) is 3.88. The molecule has 2 aromatic rings. The molecular weight excluding hydrogens is 228 g/mol. The SMILES string of the molecule is CC(CN)CNC(=O)Cc1coc2ccccc12. The molecule has 3 N–H and O–H groups in total. The first-order chi connectivity index (χ1) is 8.70. The Labute approximate surface area is 106 Å². The minimum atomic E-state index is 0.00172. The van der Waals surface area contributed by atoms with Crippen LogP contribution in [0, 0.1) is 5.92 Å². The predicted octanol–water partition coefficient (Wildman–Crippen LogP) is 1.69. The second-order valence-electron chi connectivity index (χ2n) is 4.58. The number of amides is 1. The lowest BCUT2D eigenvalue weighted by Crippen LogP contribution is -2.32. The van der Waals surface area contributed by atoms with Crippen LogP contribution >= 0.6 is 0 Å². The van der Waals surface area contributed by atoms with E-state index in [0.29, 0.717) is 25.4 Å². The summed E-state index contributed by atoms with van der Waals surface area (Å²) in [6.07, 6.45) is 1.99. The lowest BCUT2D eigenvalue weighted by atomic mass is 10.1. The van der Waals surface area contributed by atoms with E-state index < -0.39 is 0 Å². The Kier molecular flexibility index (Phi) is 3.99. The molecule has 1 unspecified atom stereocenters. The highest BCUT2D eigenvalue weighted by molar-refractivity contribution is 5.87. The first-order valence-corrected chi connectivity index (χ1v) is 6.12. The molecule has 0 aliphatic rings. The number of para-hydroxylation sites is 1. The third-order valence-corrected chi connectivity index (χ3v) is 2.96. The number of benzene rings is 1. The molecule has 0 radical (unpaired) electrons. The topological polar surface area (TPSA) is 68.3 Å². The number of nitrogens with two attached hydrogens (primary N) is 1. The quantitative estimate of drug-likeness (QED) is 0.843. The zero-order valence-electron chi connectivity index (χ0n) is 10.5. The van der Waals surface area contributed by atoms with Gasteiger partial charge in [0.15, 0.2) is 0 Å². The normalized spacial score (nSPS) is 12.6. The molecule has 0 saturated carbocycles. The fourth-order valence-electron chi connectivity index (χ4n) is 1.78. The second-order valence-corrected chi connectivity index (χ2v) is 4.58. The minimum absolute atomic E-state index is 0.00172. The summed E-state index contributed by atoms with van der Waals surface area (Å²) >= 11 is 0. The third-order valence-electron chi connectivity index (χ3n) is 2.96. The van der Waals surface area contributed by atoms with Crippen LogP contribution in [0.2, 0.25) is 0 Å². The summed E-state index contributed by atoms with van der Waals surface area (Å²) in [4.78, 5) is 11.8. The van der Waals surface area contributed by atoms with E-state index in [1.165, 1.54) is 0 Å². The average Bonchev–Trinajstić information content (AvgIpc) is 2.79. The number of hydrogen-bond acceptors (Lipinski definition) is 3. The smallest absolute Gasteiger partial charge is 0.224 e. The van der Waals surface area contributed by atoms with Gasteiger partial charge in [-0.3, -0.25) is 4.79 Å². The number of hydrogen-bond donors (Lipinski definition) is 2. The maximum absolute atomic E-state index is 11.8. The van der Waals surface area contributed by atoms with Crippen molar-refractivity contribution >= 4 is 16.9 Å². The Bertz CT molecular complexity index is 533. The van der Waals surface area contributed by atoms with Gasteiger partial charge in [0.1, 0.15) is 5.58 Å². The highest BCUT2D eigenvalue weighted by atomic mass is 16.3. The fourth-order valence-corrected chi connectivity index (χ4v) is 1.78. The van der Waals surface area contributed by atoms with E-state index in [2.05, 4.69) is 5.32 Å². The highest BCUT2D eigenvalue weighted by Gasteiger charge is 2.10. The predicted molar refractivity (Wildman–Crippen MR) is 71.1 cm³/mol. The number of rotatable bonds is 5. The van der Waals surface area contributed by atoms with E-state index in [1.54, 1.807) is 6.26 Å². The van der Waals surface area contributed by atoms with Gasteiger partial charge >= 0.3 is 0 Å². The van der Waals surface area contributed by atoms with E-state index in [0.717, 1.165) is 16.5 Å². The van der Waals surface area contributed by atoms with Crippen LogP contribution in [0.1, 0.15) is 12.5 Å². The van der Waals surface area contributed by atoms with Crippen molar-refractivity contribution in [3.8, 4) is 0 Å². The second kappa shape index (κ2) is 5.69. The fraction of sp³-hybridized carbons (Fsp3) is 0.357. The first-order valence-electron chi connectivity index (χ1n) is 6.12. The number of carbonyl (C=O) groups is 1. The lowest BCUT2D eigenvalue weighted by Gasteiger charge is -2.09. The molecule has 0 saturated heterocycles. The summed E-state index contributed by atoms with van der Waals surface area (Å²) in [5.41, 5.74) is 7.24. The van der Waals surface area contributed by atoms with Crippen molar-refractivity contribution in [3.05, 3.63) is 36.1 Å². The Morgan fingerprint density at radius 1 is 1.44 bits per heavy atom. The summed E-state index contributed by atoms with van der Waals surface area (Å²) in [5.74, 6) is 0.303. The number of nitrogens with one attached hydrogen (secondary N) is 1. The van der Waals surface area contributed by atoms with E-state index in [4.69, 9.17) is 10.2 Å². The van der Waals surface area contributed by atoms with Gasteiger partial charge in [0, 0.05) is 17.5 Å². The maximum Gasteiger partial charge on any atom is 0.224 e. The van der Waals surface area contributed by atoms with Crippen LogP contribution < -0.4 is 11.1 Å². The van der Waals surface area contributed by atoms with Crippen molar-refractivity contribution in [3.63, 3.8) is 0 Å². The maximum atomic E-state index is 11.8. The minimum Gasteiger partial charge on any atom is -0.464 e. The molecule has 1 aromatic heterocycles. The molecule has 4 nitrogen and oxygen atoms in total. The monoisotopic (exact) mass is 246 g/mol. The Hall–Kier alpha value is -1.81. The van der Waals surface area contributed by atoms with Gasteiger partial charge in [0.05, 0.1) is 12.7 Å². The largest absolute Gasteiger partial charge is 0.464 e. The molecule has 1 heterocycles. The Morgan fingerprint density at radius 3 is 3.00 bits per heavy atom. The molecule has 1 aromatic carbocycles. The highest BCUT2D eigenvalue weighted by Crippen LogP contribution is 2.20. The van der Waals surface area contributed by atoms with Crippen molar-refractivity contribution in [2.24, 2.45) is 11.7 Å². The molecule has 18 heavy (non-hydrogen) atoms. The van der Waals surface area contributed by atoms with Crippen LogP contribution in [0.3, 0.4) is 0 Å². The Morgan fingerprint density at radius 2 is 2.22 bits per heavy atom. The molecule has 96 valence electrons. The zero-order valence-corrected chi connectivity index (χ0v) is 10.5. The molecule has 0 aliphatic heterocycles. The van der Waals surface area contributed by atoms with Crippen LogP contribution in [0.5, 0.6) is 0 Å². The first kappa shape index (κ1) is 12.6. The van der Waals surface area contributed by atoms with Crippen molar-refractivity contribution in [2.75, 3.05) is 13.1 Å². The molecule has 1 atom stereocenters. The van der Waals surface area contributed by atoms with Crippen LogP contribution in [-0.4, -0.2) is 19.0 Å². The van der Waals surface area contributed by atoms with E-state index in [-0.39, 0.29) is 5.91 Å². The van der Waals surface area contributed by atoms with E-state index in [1.807, 2.05) is 31.2 Å². The molecule has 0 spiro atoms. The summed E-state index contributed by atoms with van der Waals surface area (Å²) in [6, 6.07) is 7.71. The molecule has 2 rings (SSSR count). The van der Waals surface area contributed by atoms with Crippen molar-refractivity contribution < 1.29 is 9.21 Å². The van der Waals surface area contributed by atoms with Gasteiger partial charge in [-0.25, -0.2) is 0 Å². The van der Waals surface area contributed by atoms with Crippen LogP contribution in [0.4, 0.5) is 0 Å². The van der Waals surface area contributed by atoms with Gasteiger partial charge in [0.25, 0.3) is 0 Å². The standard InChI is InChI=1S/C14H18N2O2/c1-10(7-15)8-16-14(17)6-11-9-18-13-5-3-2-4-12(11)13/h2-5,9-10H,6-8,15H2,1H3,(H,16,17). The molecular formula is C14H18N2O2. The summed E-state index contributed by atoms with van der Waals surface area (Å²) in [7, 11) is 0. The number of carbonyl (C=O) groups excluding carboxylic acids is 1. The lowest BCUT2D eigenvalue weighted by molar-refractivity contribution is -0.120. The van der Waals surface area contributed by atoms with Crippen LogP contribution in [0.25, 0.3) is 11.0 Å².